The molecule has 3 aromatic carbocycles. The number of hydrogen-bond donors (Lipinski definition) is 3. The zero-order valence-corrected chi connectivity index (χ0v) is 35.5. The Labute approximate surface area is 346 Å². The highest BCUT2D eigenvalue weighted by atomic mass is 16.3. The Morgan fingerprint density at radius 3 is 1.84 bits per heavy atom. The maximum Gasteiger partial charge on any atom is 0.221 e. The van der Waals surface area contributed by atoms with Gasteiger partial charge in [0.25, 0.3) is 0 Å². The predicted octanol–water partition coefficient (Wildman–Crippen LogP) is 11.4. The van der Waals surface area contributed by atoms with Crippen LogP contribution in [0.1, 0.15) is 122 Å². The number of aryl methyl sites for hydroxylation is 2. The molecule has 0 radical (unpaired) electrons. The Morgan fingerprint density at radius 1 is 0.672 bits per heavy atom. The van der Waals surface area contributed by atoms with Crippen LogP contribution in [0.3, 0.4) is 0 Å². The van der Waals surface area contributed by atoms with Gasteiger partial charge in [-0.2, -0.15) is 4.58 Å². The number of benzene rings is 3. The lowest BCUT2D eigenvalue weighted by Gasteiger charge is -2.29. The number of nitrogens with one attached hydrogen (secondary N) is 2. The molecule has 0 unspecified atom stereocenters. The van der Waals surface area contributed by atoms with Gasteiger partial charge < -0.3 is 20.6 Å². The van der Waals surface area contributed by atoms with Gasteiger partial charge in [-0.25, -0.2) is 0 Å². The van der Waals surface area contributed by atoms with E-state index in [4.69, 9.17) is 0 Å². The van der Waals surface area contributed by atoms with E-state index in [0.29, 0.717) is 22.5 Å². The van der Waals surface area contributed by atoms with Crippen LogP contribution in [-0.4, -0.2) is 46.1 Å². The van der Waals surface area contributed by atoms with Gasteiger partial charge in [-0.1, -0.05) is 84.1 Å². The maximum atomic E-state index is 14.2. The summed E-state index contributed by atoms with van der Waals surface area (Å²) < 4.78 is 2.25. The number of carbonyl (C=O) groups is 3. The average Bonchev–Trinajstić information content (AvgIpc) is 3.21. The van der Waals surface area contributed by atoms with Crippen LogP contribution in [0.2, 0.25) is 0 Å². The van der Waals surface area contributed by atoms with E-state index in [0.717, 1.165) is 113 Å². The molecule has 0 heterocycles. The lowest BCUT2D eigenvalue weighted by molar-refractivity contribution is -0.439. The molecule has 0 aliphatic heterocycles. The highest BCUT2D eigenvalue weighted by Gasteiger charge is 2.39. The molecule has 0 saturated carbocycles. The molecular formula is C50H63N4O4+. The van der Waals surface area contributed by atoms with Crippen LogP contribution < -0.4 is 15.5 Å². The van der Waals surface area contributed by atoms with Gasteiger partial charge in [0.2, 0.25) is 29.0 Å². The highest BCUT2D eigenvalue weighted by Crippen LogP contribution is 2.44. The van der Waals surface area contributed by atoms with E-state index in [9.17, 15) is 19.5 Å². The fourth-order valence-electron chi connectivity index (χ4n) is 7.63. The van der Waals surface area contributed by atoms with Crippen LogP contribution in [0.25, 0.3) is 5.57 Å². The van der Waals surface area contributed by atoms with Gasteiger partial charge in [0.1, 0.15) is 12.3 Å². The molecule has 0 saturated heterocycles. The molecule has 8 nitrogen and oxygen atoms in total. The fraction of sp³-hybridized carbons (Fsp3) is 0.400. The first-order valence-corrected chi connectivity index (χ1v) is 21.5. The summed E-state index contributed by atoms with van der Waals surface area (Å²) in [6.45, 7) is 13.2. The number of aliphatic hydroxyl groups excluding tert-OH is 1. The monoisotopic (exact) mass is 783 g/mol. The third-order valence-electron chi connectivity index (χ3n) is 10.8. The van der Waals surface area contributed by atoms with Gasteiger partial charge in [-0.3, -0.25) is 14.4 Å². The summed E-state index contributed by atoms with van der Waals surface area (Å²) >= 11 is 0. The van der Waals surface area contributed by atoms with Crippen molar-refractivity contribution in [1.29, 1.82) is 0 Å². The Morgan fingerprint density at radius 2 is 1.26 bits per heavy atom. The van der Waals surface area contributed by atoms with Crippen LogP contribution in [0.4, 0.5) is 22.7 Å². The minimum atomic E-state index is -0.360. The summed E-state index contributed by atoms with van der Waals surface area (Å²) in [5, 5.41) is 17.6. The lowest BCUT2D eigenvalue weighted by atomic mass is 9.78. The summed E-state index contributed by atoms with van der Waals surface area (Å²) in [5.41, 5.74) is 8.50. The molecule has 8 heteroatoms. The molecule has 0 bridgehead atoms. The van der Waals surface area contributed by atoms with Crippen LogP contribution >= 0.6 is 0 Å². The van der Waals surface area contributed by atoms with Crippen molar-refractivity contribution in [2.45, 2.75) is 119 Å². The van der Waals surface area contributed by atoms with Gasteiger partial charge >= 0.3 is 0 Å². The molecule has 2 aliphatic carbocycles. The number of rotatable bonds is 20. The Balaban J connectivity index is 1.55. The van der Waals surface area contributed by atoms with Crippen molar-refractivity contribution in [1.82, 2.24) is 5.32 Å². The van der Waals surface area contributed by atoms with E-state index in [1.807, 2.05) is 36.4 Å². The molecule has 0 aromatic heterocycles. The number of anilines is 3. The molecule has 3 N–H and O–H groups in total. The maximum absolute atomic E-state index is 14.2. The lowest BCUT2D eigenvalue weighted by Crippen LogP contribution is -2.30. The van der Waals surface area contributed by atoms with Gasteiger partial charge in [-0.05, 0) is 86.1 Å². The van der Waals surface area contributed by atoms with Gasteiger partial charge in [0.15, 0.2) is 0 Å². The number of unbranched alkanes of at least 4 members (excludes halogenated alkanes) is 6. The summed E-state index contributed by atoms with van der Waals surface area (Å²) in [7, 11) is 0. The molecule has 5 rings (SSSR count). The average molecular weight is 784 g/mol. The van der Waals surface area contributed by atoms with Crippen molar-refractivity contribution in [3.63, 3.8) is 0 Å². The van der Waals surface area contributed by atoms with E-state index in [1.54, 1.807) is 0 Å². The van der Waals surface area contributed by atoms with Crippen LogP contribution in [0, 0.1) is 0 Å². The van der Waals surface area contributed by atoms with Crippen molar-refractivity contribution >= 4 is 51.6 Å². The standard InChI is InChI=1S/C50H62N4O4/c1-7-11-15-31-53(39-23-19-37(20-24-39)17-13-9-3)41-27-29-43(45(33-41)51-35(5)55)47-49(57)48(50(47)58)44-30-28-42(34-46(44)52-36(6)56)54(32-16-12-8-2)40-25-21-38(22-26-40)18-14-10-4/h19-30,33-34H,7-18,31-32H2,1-6H3,(H2,51,52,55,56,57,58)/p+1. The number of nitrogens with zero attached hydrogens (tertiary/aromatic N) is 2. The SMILES string of the molecule is CCCCCN(c1ccc(CCCC)cc1)c1ccc(C2=C(O)/C(=C3\C=CC(=[N+](CCCCC)c4ccc(CCCC)cc4)C=C3NC(C)=O)C2=O)c(NC(C)=O)c1. The van der Waals surface area contributed by atoms with E-state index in [-0.39, 0.29) is 34.5 Å². The summed E-state index contributed by atoms with van der Waals surface area (Å²) in [6.07, 6.45) is 18.6. The first-order chi connectivity index (χ1) is 28.1. The molecule has 0 spiro atoms. The summed E-state index contributed by atoms with van der Waals surface area (Å²) in [4.78, 5) is 41.6. The van der Waals surface area contributed by atoms with Crippen LogP contribution in [0.15, 0.2) is 108 Å². The quantitative estimate of drug-likeness (QED) is 0.0602. The van der Waals surface area contributed by atoms with Crippen molar-refractivity contribution in [3.05, 3.63) is 124 Å². The number of hydrogen-bond acceptors (Lipinski definition) is 5. The van der Waals surface area contributed by atoms with E-state index in [2.05, 4.69) is 96.3 Å². The van der Waals surface area contributed by atoms with Crippen molar-refractivity contribution in [2.75, 3.05) is 23.3 Å². The molecule has 2 amide bonds. The summed E-state index contributed by atoms with van der Waals surface area (Å²) in [6, 6.07) is 23.0. The second-order valence-corrected chi connectivity index (χ2v) is 15.5. The van der Waals surface area contributed by atoms with E-state index >= 15 is 0 Å². The minimum Gasteiger partial charge on any atom is -0.506 e. The third kappa shape index (κ3) is 10.9. The molecule has 58 heavy (non-hydrogen) atoms. The number of aliphatic hydroxyl groups is 1. The fourth-order valence-corrected chi connectivity index (χ4v) is 7.63. The van der Waals surface area contributed by atoms with Crippen molar-refractivity contribution in [2.24, 2.45) is 0 Å². The molecule has 3 aromatic rings. The van der Waals surface area contributed by atoms with Crippen molar-refractivity contribution < 1.29 is 24.1 Å². The second kappa shape index (κ2) is 21.3. The normalized spacial score (nSPS) is 15.9. The number of Topliss-reactive ketones (excluding diaryl/α,β-unsaturated/α-hetero) is 1. The Hall–Kier alpha value is -5.50. The molecule has 0 fully saturated rings. The number of allylic oxidation sites excluding steroid dienone is 5. The van der Waals surface area contributed by atoms with Gasteiger partial charge in [0, 0.05) is 73.6 Å². The number of ketones is 1. The largest absolute Gasteiger partial charge is 0.506 e. The first kappa shape index (κ1) is 43.6. The number of carbonyl (C=O) groups excluding carboxylic acids is 3. The predicted molar refractivity (Wildman–Crippen MR) is 239 cm³/mol. The molecule has 306 valence electrons. The minimum absolute atomic E-state index is 0.130. The topological polar surface area (TPSA) is 102 Å². The smallest absolute Gasteiger partial charge is 0.221 e. The van der Waals surface area contributed by atoms with Gasteiger partial charge in [-0.15, -0.1) is 0 Å². The molecule has 2 aliphatic rings. The molecule has 0 atom stereocenters. The zero-order valence-electron chi connectivity index (χ0n) is 35.5. The third-order valence-corrected chi connectivity index (χ3v) is 10.8. The van der Waals surface area contributed by atoms with Crippen LogP contribution in [0.5, 0.6) is 0 Å². The number of amides is 2. The van der Waals surface area contributed by atoms with Crippen molar-refractivity contribution in [3.8, 4) is 0 Å². The van der Waals surface area contributed by atoms with Gasteiger partial charge in [0.05, 0.1) is 22.5 Å². The zero-order chi connectivity index (χ0) is 41.6. The summed E-state index contributed by atoms with van der Waals surface area (Å²) in [5.74, 6) is -1.10. The molecular weight excluding hydrogens is 721 g/mol. The van der Waals surface area contributed by atoms with E-state index < -0.39 is 0 Å². The second-order valence-electron chi connectivity index (χ2n) is 15.5. The van der Waals surface area contributed by atoms with E-state index in [1.165, 1.54) is 25.0 Å². The first-order valence-electron chi connectivity index (χ1n) is 21.5. The Kier molecular flexibility index (Phi) is 16.0. The highest BCUT2D eigenvalue weighted by molar-refractivity contribution is 6.40. The Bertz CT molecular complexity index is 2100. The van der Waals surface area contributed by atoms with Crippen LogP contribution in [-0.2, 0) is 27.2 Å².